The Morgan fingerprint density at radius 1 is 1.18 bits per heavy atom. The van der Waals surface area contributed by atoms with Crippen molar-refractivity contribution in [3.05, 3.63) is 35.9 Å². The zero-order valence-electron chi connectivity index (χ0n) is 10.9. The van der Waals surface area contributed by atoms with Crippen LogP contribution in [0.4, 0.5) is 0 Å². The molecule has 3 atom stereocenters. The lowest BCUT2D eigenvalue weighted by Crippen LogP contribution is -2.38. The lowest BCUT2D eigenvalue weighted by atomic mass is 9.80. The van der Waals surface area contributed by atoms with Crippen LogP contribution in [0, 0.1) is 11.8 Å². The summed E-state index contributed by atoms with van der Waals surface area (Å²) in [7, 11) is 0. The fourth-order valence-electron chi connectivity index (χ4n) is 2.65. The van der Waals surface area contributed by atoms with Crippen LogP contribution >= 0.6 is 0 Å². The highest BCUT2D eigenvalue weighted by Gasteiger charge is 2.25. The van der Waals surface area contributed by atoms with Gasteiger partial charge < -0.3 is 0 Å². The van der Waals surface area contributed by atoms with Crippen molar-refractivity contribution in [1.82, 2.24) is 5.48 Å². The molecule has 2 nitrogen and oxygen atoms in total. The van der Waals surface area contributed by atoms with Crippen LogP contribution in [0.1, 0.15) is 38.7 Å². The topological polar surface area (TPSA) is 21.3 Å². The van der Waals surface area contributed by atoms with Crippen LogP contribution < -0.4 is 5.48 Å². The predicted molar refractivity (Wildman–Crippen MR) is 70.3 cm³/mol. The van der Waals surface area contributed by atoms with Crippen LogP contribution in [-0.4, -0.2) is 6.04 Å². The molecule has 1 aromatic rings. The van der Waals surface area contributed by atoms with Gasteiger partial charge in [-0.25, -0.2) is 0 Å². The first kappa shape index (κ1) is 12.6. The Balaban J connectivity index is 1.72. The first-order valence-electron chi connectivity index (χ1n) is 6.67. The van der Waals surface area contributed by atoms with E-state index in [1.54, 1.807) is 0 Å². The third-order valence-electron chi connectivity index (χ3n) is 3.75. The molecule has 1 saturated carbocycles. The van der Waals surface area contributed by atoms with Crippen molar-refractivity contribution in [2.45, 2.75) is 45.8 Å². The number of benzene rings is 1. The summed E-state index contributed by atoms with van der Waals surface area (Å²) in [6.45, 7) is 5.32. The van der Waals surface area contributed by atoms with E-state index < -0.39 is 0 Å². The van der Waals surface area contributed by atoms with E-state index in [0.717, 1.165) is 11.8 Å². The average Bonchev–Trinajstić information content (AvgIpc) is 2.33. The molecule has 0 spiro atoms. The minimum Gasteiger partial charge on any atom is -0.297 e. The maximum atomic E-state index is 5.61. The summed E-state index contributed by atoms with van der Waals surface area (Å²) in [4.78, 5) is 5.61. The van der Waals surface area contributed by atoms with E-state index in [1.807, 2.05) is 18.2 Å². The zero-order chi connectivity index (χ0) is 12.1. The molecule has 0 aromatic heterocycles. The molecule has 17 heavy (non-hydrogen) atoms. The average molecular weight is 233 g/mol. The van der Waals surface area contributed by atoms with Gasteiger partial charge in [0.05, 0.1) is 6.61 Å². The molecule has 0 bridgehead atoms. The summed E-state index contributed by atoms with van der Waals surface area (Å²) in [5.41, 5.74) is 4.46. The molecule has 1 aliphatic carbocycles. The van der Waals surface area contributed by atoms with Crippen molar-refractivity contribution < 1.29 is 4.84 Å². The smallest absolute Gasteiger partial charge is 0.0933 e. The molecule has 0 heterocycles. The minimum atomic E-state index is 0.523. The van der Waals surface area contributed by atoms with Crippen molar-refractivity contribution in [2.24, 2.45) is 11.8 Å². The molecule has 1 N–H and O–H groups in total. The molecule has 0 amide bonds. The molecule has 1 fully saturated rings. The van der Waals surface area contributed by atoms with E-state index in [1.165, 1.54) is 24.8 Å². The van der Waals surface area contributed by atoms with Gasteiger partial charge in [0.2, 0.25) is 0 Å². The van der Waals surface area contributed by atoms with Crippen LogP contribution in [0.15, 0.2) is 30.3 Å². The molecule has 2 heteroatoms. The van der Waals surface area contributed by atoms with Gasteiger partial charge in [0.1, 0.15) is 0 Å². The predicted octanol–water partition coefficient (Wildman–Crippen LogP) is 3.53. The molecule has 2 rings (SSSR count). The number of hydrogen-bond acceptors (Lipinski definition) is 2. The van der Waals surface area contributed by atoms with Crippen LogP contribution in [0.25, 0.3) is 0 Å². The fourth-order valence-corrected chi connectivity index (χ4v) is 2.65. The number of rotatable bonds is 4. The minimum absolute atomic E-state index is 0.523. The maximum absolute atomic E-state index is 5.61. The van der Waals surface area contributed by atoms with Crippen molar-refractivity contribution in [1.29, 1.82) is 0 Å². The normalized spacial score (nSPS) is 29.2. The summed E-state index contributed by atoms with van der Waals surface area (Å²) >= 11 is 0. The SMILES string of the molecule is CC1CCC(NOCc2ccccc2)C(C)C1. The Bertz CT molecular complexity index is 325. The second kappa shape index (κ2) is 6.18. The first-order valence-corrected chi connectivity index (χ1v) is 6.67. The van der Waals surface area contributed by atoms with E-state index in [9.17, 15) is 0 Å². The van der Waals surface area contributed by atoms with Crippen LogP contribution in [0.2, 0.25) is 0 Å². The Kier molecular flexibility index (Phi) is 4.57. The van der Waals surface area contributed by atoms with Gasteiger partial charge >= 0.3 is 0 Å². The largest absolute Gasteiger partial charge is 0.297 e. The lowest BCUT2D eigenvalue weighted by Gasteiger charge is -2.32. The quantitative estimate of drug-likeness (QED) is 0.803. The second-order valence-corrected chi connectivity index (χ2v) is 5.39. The lowest BCUT2D eigenvalue weighted by molar-refractivity contribution is -0.0216. The highest BCUT2D eigenvalue weighted by atomic mass is 16.6. The molecule has 0 aliphatic heterocycles. The molecule has 1 aromatic carbocycles. The van der Waals surface area contributed by atoms with Crippen LogP contribution in [0.3, 0.4) is 0 Å². The third-order valence-corrected chi connectivity index (χ3v) is 3.75. The molecule has 0 radical (unpaired) electrons. The van der Waals surface area contributed by atoms with E-state index in [4.69, 9.17) is 4.84 Å². The van der Waals surface area contributed by atoms with Crippen LogP contribution in [0.5, 0.6) is 0 Å². The van der Waals surface area contributed by atoms with Crippen LogP contribution in [-0.2, 0) is 11.4 Å². The number of hydrogen-bond donors (Lipinski definition) is 1. The molecule has 94 valence electrons. The summed E-state index contributed by atoms with van der Waals surface area (Å²) in [5.74, 6) is 1.59. The number of nitrogens with one attached hydrogen (secondary N) is 1. The molecule has 0 saturated heterocycles. The summed E-state index contributed by atoms with van der Waals surface area (Å²) in [5, 5.41) is 0. The summed E-state index contributed by atoms with van der Waals surface area (Å²) in [6, 6.07) is 10.8. The highest BCUT2D eigenvalue weighted by molar-refractivity contribution is 5.13. The van der Waals surface area contributed by atoms with E-state index in [0.29, 0.717) is 12.6 Å². The van der Waals surface area contributed by atoms with Gasteiger partial charge in [-0.05, 0) is 36.7 Å². The van der Waals surface area contributed by atoms with Gasteiger partial charge in [-0.1, -0.05) is 44.2 Å². The Morgan fingerprint density at radius 2 is 1.94 bits per heavy atom. The third kappa shape index (κ3) is 3.83. The van der Waals surface area contributed by atoms with Crippen molar-refractivity contribution in [3.63, 3.8) is 0 Å². The van der Waals surface area contributed by atoms with Gasteiger partial charge in [-0.2, -0.15) is 5.48 Å². The highest BCUT2D eigenvalue weighted by Crippen LogP contribution is 2.28. The van der Waals surface area contributed by atoms with E-state index >= 15 is 0 Å². The molecular formula is C15H23NO. The van der Waals surface area contributed by atoms with Gasteiger partial charge in [0.25, 0.3) is 0 Å². The van der Waals surface area contributed by atoms with E-state index in [-0.39, 0.29) is 0 Å². The van der Waals surface area contributed by atoms with Crippen molar-refractivity contribution in [2.75, 3.05) is 0 Å². The summed E-state index contributed by atoms with van der Waals surface area (Å²) < 4.78 is 0. The van der Waals surface area contributed by atoms with E-state index in [2.05, 4.69) is 31.5 Å². The Morgan fingerprint density at radius 3 is 2.65 bits per heavy atom. The molecular weight excluding hydrogens is 210 g/mol. The first-order chi connectivity index (χ1) is 8.25. The van der Waals surface area contributed by atoms with Gasteiger partial charge in [-0.15, -0.1) is 0 Å². The van der Waals surface area contributed by atoms with Gasteiger partial charge in [0, 0.05) is 6.04 Å². The van der Waals surface area contributed by atoms with Gasteiger partial charge in [-0.3, -0.25) is 4.84 Å². The Labute approximate surface area is 104 Å². The second-order valence-electron chi connectivity index (χ2n) is 5.39. The van der Waals surface area contributed by atoms with Crippen molar-refractivity contribution >= 4 is 0 Å². The Hall–Kier alpha value is -0.860. The molecule has 1 aliphatic rings. The fraction of sp³-hybridized carbons (Fsp3) is 0.600. The number of hydroxylamine groups is 1. The maximum Gasteiger partial charge on any atom is 0.0933 e. The zero-order valence-corrected chi connectivity index (χ0v) is 10.9. The monoisotopic (exact) mass is 233 g/mol. The molecule has 3 unspecified atom stereocenters. The summed E-state index contributed by atoms with van der Waals surface area (Å²) in [6.07, 6.45) is 3.86. The van der Waals surface area contributed by atoms with Gasteiger partial charge in [0.15, 0.2) is 0 Å². The standard InChI is InChI=1S/C15H23NO/c1-12-8-9-15(13(2)10-12)16-17-11-14-6-4-3-5-7-14/h3-7,12-13,15-16H,8-11H2,1-2H3. The van der Waals surface area contributed by atoms with Crippen molar-refractivity contribution in [3.8, 4) is 0 Å².